The first-order valence-electron chi connectivity index (χ1n) is 9.25. The van der Waals surface area contributed by atoms with Crippen LogP contribution in [0.5, 0.6) is 0 Å². The van der Waals surface area contributed by atoms with Gasteiger partial charge in [-0.1, -0.05) is 58.3 Å². The van der Waals surface area contributed by atoms with Crippen molar-refractivity contribution >= 4 is 7.82 Å². The maximum atomic E-state index is 10.7. The minimum absolute atomic E-state index is 0.226. The highest BCUT2D eigenvalue weighted by Crippen LogP contribution is 2.33. The Morgan fingerprint density at radius 3 is 1.83 bits per heavy atom. The zero-order chi connectivity index (χ0) is 18.7. The molecule has 6 nitrogen and oxygen atoms in total. The highest BCUT2D eigenvalue weighted by atomic mass is 31.2. The largest absolute Gasteiger partial charge is 0.756 e. The highest BCUT2D eigenvalue weighted by molar-refractivity contribution is 7.44. The van der Waals surface area contributed by atoms with Crippen LogP contribution in [0, 0.1) is 0 Å². The molecule has 146 valence electrons. The molecule has 2 atom stereocenters. The Morgan fingerprint density at radius 1 is 1.00 bits per heavy atom. The van der Waals surface area contributed by atoms with E-state index in [-0.39, 0.29) is 4.48 Å². The van der Waals surface area contributed by atoms with E-state index in [9.17, 15) is 14.6 Å². The van der Waals surface area contributed by atoms with Crippen LogP contribution in [0.2, 0.25) is 0 Å². The lowest BCUT2D eigenvalue weighted by atomic mass is 10.1. The minimum Gasteiger partial charge on any atom is -0.756 e. The number of unbranched alkanes of at least 4 members (excludes halogenated alkanes) is 9. The number of nitrogens with zero attached hydrogens (tertiary/aromatic N) is 1. The molecule has 2 N–H and O–H groups in total. The van der Waals surface area contributed by atoms with Crippen LogP contribution in [0.1, 0.15) is 78.1 Å². The van der Waals surface area contributed by atoms with Crippen molar-refractivity contribution in [2.45, 2.75) is 83.8 Å². The van der Waals surface area contributed by atoms with Crippen molar-refractivity contribution < 1.29 is 28.5 Å². The van der Waals surface area contributed by atoms with E-state index in [4.69, 9.17) is 4.89 Å². The zero-order valence-electron chi connectivity index (χ0n) is 16.0. The van der Waals surface area contributed by atoms with Gasteiger partial charge in [-0.25, -0.2) is 0 Å². The van der Waals surface area contributed by atoms with E-state index < -0.39 is 20.2 Å². The van der Waals surface area contributed by atoms with Gasteiger partial charge in [0.05, 0.1) is 20.6 Å². The summed E-state index contributed by atoms with van der Waals surface area (Å²) in [5.74, 6) is 0. The van der Waals surface area contributed by atoms with Crippen LogP contribution in [0.3, 0.4) is 0 Å². The predicted molar refractivity (Wildman–Crippen MR) is 95.2 cm³/mol. The van der Waals surface area contributed by atoms with Gasteiger partial charge in [-0.2, -0.15) is 0 Å². The van der Waals surface area contributed by atoms with Crippen molar-refractivity contribution in [3.8, 4) is 0 Å². The molecule has 7 heteroatoms. The lowest BCUT2D eigenvalue weighted by Crippen LogP contribution is -2.60. The molecule has 0 amide bonds. The van der Waals surface area contributed by atoms with Gasteiger partial charge in [0.15, 0.2) is 0 Å². The first-order chi connectivity index (χ1) is 11.0. The lowest BCUT2D eigenvalue weighted by molar-refractivity contribution is -0.965. The third-order valence-electron chi connectivity index (χ3n) is 4.88. The first-order valence-corrected chi connectivity index (χ1v) is 10.8. The van der Waals surface area contributed by atoms with Crippen molar-refractivity contribution in [3.05, 3.63) is 0 Å². The average Bonchev–Trinajstić information content (AvgIpc) is 2.46. The maximum absolute atomic E-state index is 10.7. The van der Waals surface area contributed by atoms with Gasteiger partial charge in [0.1, 0.15) is 6.61 Å². The van der Waals surface area contributed by atoms with Gasteiger partial charge >= 0.3 is 0 Å². The number of rotatable bonds is 15. The molecule has 2 unspecified atom stereocenters. The summed E-state index contributed by atoms with van der Waals surface area (Å²) in [6, 6.07) is 0. The van der Waals surface area contributed by atoms with Gasteiger partial charge in [-0.05, 0) is 12.8 Å². The molecule has 0 saturated carbocycles. The fourth-order valence-corrected chi connectivity index (χ4v) is 3.02. The first kappa shape index (κ1) is 24.0. The Hall–Kier alpha value is 0.0300. The summed E-state index contributed by atoms with van der Waals surface area (Å²) in [7, 11) is -1.13. The van der Waals surface area contributed by atoms with Gasteiger partial charge < -0.3 is 19.4 Å². The Balaban J connectivity index is 3.85. The summed E-state index contributed by atoms with van der Waals surface area (Å²) in [6.07, 6.45) is 12.5. The molecule has 0 bridgehead atoms. The van der Waals surface area contributed by atoms with E-state index in [2.05, 4.69) is 11.4 Å². The van der Waals surface area contributed by atoms with Gasteiger partial charge in [0, 0.05) is 6.92 Å². The molecule has 0 aliphatic heterocycles. The fourth-order valence-electron chi connectivity index (χ4n) is 2.61. The second kappa shape index (κ2) is 11.6. The molecule has 0 fully saturated rings. The van der Waals surface area contributed by atoms with Crippen molar-refractivity contribution in [1.29, 1.82) is 0 Å². The van der Waals surface area contributed by atoms with E-state index in [1.54, 1.807) is 0 Å². The number of phosphoric acid groups is 1. The van der Waals surface area contributed by atoms with Crippen LogP contribution in [0.4, 0.5) is 0 Å². The second-order valence-electron chi connectivity index (χ2n) is 7.55. The number of phosphoric ester groups is 1. The summed E-state index contributed by atoms with van der Waals surface area (Å²) in [5.41, 5.74) is -1.37. The molecule has 0 aromatic carbocycles. The Labute approximate surface area is 148 Å². The third-order valence-corrected chi connectivity index (χ3v) is 5.33. The molecule has 0 aromatic rings. The molecule has 0 rings (SSSR count). The smallest absolute Gasteiger partial charge is 0.265 e. The van der Waals surface area contributed by atoms with Crippen molar-refractivity contribution in [1.82, 2.24) is 0 Å². The lowest BCUT2D eigenvalue weighted by Gasteiger charge is -2.43. The second-order valence-corrected chi connectivity index (χ2v) is 8.74. The molecule has 0 aliphatic rings. The van der Waals surface area contributed by atoms with Crippen LogP contribution in [0.25, 0.3) is 0 Å². The normalized spacial score (nSPS) is 17.5. The summed E-state index contributed by atoms with van der Waals surface area (Å²) in [6.45, 7) is 4.03. The molecule has 0 aromatic heterocycles. The van der Waals surface area contributed by atoms with E-state index in [1.165, 1.54) is 58.3 Å². The highest BCUT2D eigenvalue weighted by Gasteiger charge is 2.39. The molecule has 0 aliphatic carbocycles. The van der Waals surface area contributed by atoms with Crippen molar-refractivity contribution in [2.75, 3.05) is 27.2 Å². The number of quaternary nitrogens is 1. The van der Waals surface area contributed by atoms with Gasteiger partial charge in [-0.3, -0.25) is 9.05 Å². The van der Waals surface area contributed by atoms with Crippen LogP contribution in [-0.2, 0) is 9.09 Å². The van der Waals surface area contributed by atoms with Gasteiger partial charge in [0.25, 0.3) is 7.82 Å². The van der Waals surface area contributed by atoms with Crippen LogP contribution in [-0.4, -0.2) is 47.5 Å². The Kier molecular flexibility index (Phi) is 11.6. The monoisotopic (exact) mass is 367 g/mol. The van der Waals surface area contributed by atoms with Crippen LogP contribution in [0.15, 0.2) is 0 Å². The molecule has 0 heterocycles. The quantitative estimate of drug-likeness (QED) is 0.201. The van der Waals surface area contributed by atoms with Crippen LogP contribution < -0.4 is 4.89 Å². The maximum Gasteiger partial charge on any atom is 0.265 e. The molecule has 0 saturated heterocycles. The van der Waals surface area contributed by atoms with E-state index in [0.29, 0.717) is 0 Å². The zero-order valence-corrected chi connectivity index (χ0v) is 16.9. The van der Waals surface area contributed by atoms with E-state index >= 15 is 0 Å². The van der Waals surface area contributed by atoms with Crippen molar-refractivity contribution in [3.63, 3.8) is 0 Å². The minimum atomic E-state index is -4.81. The molecule has 0 spiro atoms. The molecular formula is C17H38NO5P. The Morgan fingerprint density at radius 2 is 1.42 bits per heavy atom. The number of hydrogen-bond donors (Lipinski definition) is 2. The molecular weight excluding hydrogens is 329 g/mol. The number of likely N-dealkylation sites (N-methyl/N-ethyl adjacent to an activating group) is 1. The molecule has 24 heavy (non-hydrogen) atoms. The SMILES string of the molecule is CCCCCCCCCCCC[N+](C)(C)C(C)(O)COP(=O)([O-])O. The molecule has 0 radical (unpaired) electrons. The average molecular weight is 367 g/mol. The standard InChI is InChI=1S/C17H38NO5P/c1-5-6-7-8-9-10-11-12-13-14-15-18(3,4)17(2,19)16-23-24(20,21)22/h19H,5-16H2,1-4H3,(H-,20,21,22). The summed E-state index contributed by atoms with van der Waals surface area (Å²) in [5, 5.41) is 10.4. The predicted octanol–water partition coefficient (Wildman–Crippen LogP) is 3.17. The summed E-state index contributed by atoms with van der Waals surface area (Å²) < 4.78 is 15.3. The van der Waals surface area contributed by atoms with E-state index in [1.807, 2.05) is 14.1 Å². The number of hydrogen-bond acceptors (Lipinski definition) is 4. The third kappa shape index (κ3) is 11.6. The number of aliphatic hydroxyl groups is 1. The van der Waals surface area contributed by atoms with Crippen molar-refractivity contribution in [2.24, 2.45) is 0 Å². The summed E-state index contributed by atoms with van der Waals surface area (Å²) in [4.78, 5) is 19.4. The van der Waals surface area contributed by atoms with Crippen LogP contribution >= 0.6 is 7.82 Å². The van der Waals surface area contributed by atoms with Gasteiger partial charge in [-0.15, -0.1) is 0 Å². The fraction of sp³-hybridized carbons (Fsp3) is 1.00. The van der Waals surface area contributed by atoms with E-state index in [0.717, 1.165) is 19.4 Å². The Bertz CT molecular complexity index is 368. The van der Waals surface area contributed by atoms with Gasteiger partial charge in [0.2, 0.25) is 5.72 Å². The topological polar surface area (TPSA) is 89.8 Å². The summed E-state index contributed by atoms with van der Waals surface area (Å²) >= 11 is 0.